The third kappa shape index (κ3) is 2.19. The van der Waals surface area contributed by atoms with Crippen molar-refractivity contribution >= 4 is 23.4 Å². The Bertz CT molecular complexity index is 1050. The van der Waals surface area contributed by atoms with E-state index in [9.17, 15) is 19.5 Å². The number of amides is 3. The van der Waals surface area contributed by atoms with Crippen LogP contribution in [0.2, 0.25) is 0 Å². The molecule has 1 aromatic rings. The van der Waals surface area contributed by atoms with Crippen LogP contribution >= 0.6 is 0 Å². The summed E-state index contributed by atoms with van der Waals surface area (Å²) < 4.78 is 0. The van der Waals surface area contributed by atoms with Crippen molar-refractivity contribution in [3.8, 4) is 0 Å². The van der Waals surface area contributed by atoms with E-state index in [-0.39, 0.29) is 71.6 Å². The van der Waals surface area contributed by atoms with Gasteiger partial charge >= 0.3 is 0 Å². The van der Waals surface area contributed by atoms with E-state index in [1.165, 1.54) is 9.80 Å². The van der Waals surface area contributed by atoms with Gasteiger partial charge in [0.05, 0.1) is 24.3 Å². The zero-order valence-electron chi connectivity index (χ0n) is 17.0. The highest BCUT2D eigenvalue weighted by molar-refractivity contribution is 6.06. The van der Waals surface area contributed by atoms with E-state index in [0.717, 1.165) is 18.4 Å². The molecule has 6 aliphatic rings. The zero-order chi connectivity index (χ0) is 21.0. The Morgan fingerprint density at radius 2 is 1.29 bits per heavy atom. The fraction of sp³-hybridized carbons (Fsp3) is 0.480. The molecule has 4 aliphatic carbocycles. The minimum absolute atomic E-state index is 0.00259. The van der Waals surface area contributed by atoms with Crippen molar-refractivity contribution in [3.05, 3.63) is 54.1 Å². The van der Waals surface area contributed by atoms with E-state index in [0.29, 0.717) is 5.69 Å². The van der Waals surface area contributed by atoms with E-state index in [1.807, 2.05) is 24.3 Å². The quantitative estimate of drug-likeness (QED) is 0.605. The van der Waals surface area contributed by atoms with Gasteiger partial charge in [-0.05, 0) is 54.2 Å². The summed E-state index contributed by atoms with van der Waals surface area (Å²) in [6.07, 6.45) is 9.59. The number of benzene rings is 1. The molecule has 6 heteroatoms. The maximum absolute atomic E-state index is 13.0. The number of carbonyl (C=O) groups excluding carboxylic acids is 3. The molecule has 7 rings (SSSR count). The average Bonchev–Trinajstić information content (AvgIpc) is 3.59. The third-order valence-corrected chi connectivity index (χ3v) is 8.77. The van der Waals surface area contributed by atoms with Crippen molar-refractivity contribution < 1.29 is 19.5 Å². The number of aliphatic hydroxyl groups excluding tert-OH is 1. The Balaban J connectivity index is 1.10. The fourth-order valence-corrected chi connectivity index (χ4v) is 7.42. The molecule has 0 radical (unpaired) electrons. The van der Waals surface area contributed by atoms with Crippen LogP contribution in [0.4, 0.5) is 5.69 Å². The molecule has 1 N–H and O–H groups in total. The molecule has 9 atom stereocenters. The smallest absolute Gasteiger partial charge is 0.234 e. The lowest BCUT2D eigenvalue weighted by molar-refractivity contribution is -0.141. The molecular weight excluding hydrogens is 392 g/mol. The van der Waals surface area contributed by atoms with Crippen LogP contribution in [0.25, 0.3) is 0 Å². The van der Waals surface area contributed by atoms with E-state index >= 15 is 0 Å². The van der Waals surface area contributed by atoms with Crippen LogP contribution in [0, 0.1) is 47.3 Å². The van der Waals surface area contributed by atoms with Gasteiger partial charge in [0, 0.05) is 11.6 Å². The van der Waals surface area contributed by atoms with Crippen LogP contribution in [-0.4, -0.2) is 34.0 Å². The molecule has 31 heavy (non-hydrogen) atoms. The first-order chi connectivity index (χ1) is 15.0. The summed E-state index contributed by atoms with van der Waals surface area (Å²) in [5.41, 5.74) is 1.53. The predicted octanol–water partition coefficient (Wildman–Crippen LogP) is 2.10. The summed E-state index contributed by atoms with van der Waals surface area (Å²) in [5.74, 6) is 0.379. The summed E-state index contributed by atoms with van der Waals surface area (Å²) in [7, 11) is 0. The van der Waals surface area contributed by atoms with Gasteiger partial charge in [0.1, 0.15) is 6.23 Å². The standard InChI is InChI=1S/C25H24N2O4/c28-22-18-13-3-4-14(9-13)19(18)23(29)26(22)11-12-1-7-17(8-2-12)27-24(30)20-15-5-6-16(10-15)21(20)25(27)31/h1-8,13-16,18-21,24,30H,9-11H2/t13?,14?,15?,16?,18-,19?,20?,21?,24?/m0/s1. The number of nitrogens with zero attached hydrogens (tertiary/aromatic N) is 2. The Morgan fingerprint density at radius 3 is 1.90 bits per heavy atom. The minimum atomic E-state index is -0.799. The van der Waals surface area contributed by atoms with Gasteiger partial charge in [-0.15, -0.1) is 0 Å². The number of imide groups is 1. The Morgan fingerprint density at radius 1 is 0.742 bits per heavy atom. The highest BCUT2D eigenvalue weighted by Crippen LogP contribution is 2.55. The number of likely N-dealkylation sites (tertiary alicyclic amines) is 1. The minimum Gasteiger partial charge on any atom is -0.373 e. The first-order valence-corrected chi connectivity index (χ1v) is 11.3. The fourth-order valence-electron chi connectivity index (χ4n) is 7.42. The summed E-state index contributed by atoms with van der Waals surface area (Å²) in [4.78, 5) is 41.8. The molecule has 8 unspecified atom stereocenters. The van der Waals surface area contributed by atoms with Crippen molar-refractivity contribution in [2.24, 2.45) is 47.3 Å². The van der Waals surface area contributed by atoms with Crippen LogP contribution in [0.1, 0.15) is 18.4 Å². The van der Waals surface area contributed by atoms with E-state index < -0.39 is 6.23 Å². The van der Waals surface area contributed by atoms with Crippen molar-refractivity contribution in [2.45, 2.75) is 25.6 Å². The molecule has 2 saturated carbocycles. The second-order valence-corrected chi connectivity index (χ2v) is 10.1. The molecule has 158 valence electrons. The van der Waals surface area contributed by atoms with Crippen LogP contribution in [0.15, 0.2) is 48.6 Å². The molecule has 2 saturated heterocycles. The summed E-state index contributed by atoms with van der Waals surface area (Å²) >= 11 is 0. The van der Waals surface area contributed by atoms with Gasteiger partial charge in [-0.2, -0.15) is 0 Å². The third-order valence-electron chi connectivity index (χ3n) is 8.77. The van der Waals surface area contributed by atoms with Gasteiger partial charge in [-0.1, -0.05) is 36.4 Å². The van der Waals surface area contributed by atoms with Crippen LogP contribution in [0.5, 0.6) is 0 Å². The topological polar surface area (TPSA) is 77.9 Å². The maximum Gasteiger partial charge on any atom is 0.234 e. The molecular formula is C25H24N2O4. The lowest BCUT2D eigenvalue weighted by Crippen LogP contribution is -2.36. The highest BCUT2D eigenvalue weighted by Gasteiger charge is 2.60. The monoisotopic (exact) mass is 416 g/mol. The largest absolute Gasteiger partial charge is 0.373 e. The van der Waals surface area contributed by atoms with Gasteiger partial charge < -0.3 is 5.11 Å². The predicted molar refractivity (Wildman–Crippen MR) is 111 cm³/mol. The van der Waals surface area contributed by atoms with Gasteiger partial charge in [0.25, 0.3) is 0 Å². The van der Waals surface area contributed by atoms with E-state index in [2.05, 4.69) is 24.3 Å². The Labute approximate surface area is 180 Å². The van der Waals surface area contributed by atoms with Crippen molar-refractivity contribution in [1.29, 1.82) is 0 Å². The van der Waals surface area contributed by atoms with Crippen LogP contribution < -0.4 is 4.90 Å². The number of hydrogen-bond acceptors (Lipinski definition) is 4. The molecule has 4 fully saturated rings. The number of anilines is 1. The normalized spacial score (nSPS) is 43.6. The second kappa shape index (κ2) is 5.94. The number of fused-ring (bicyclic) bond motifs is 10. The summed E-state index contributed by atoms with van der Waals surface area (Å²) in [6.45, 7) is 0.264. The van der Waals surface area contributed by atoms with Crippen molar-refractivity contribution in [3.63, 3.8) is 0 Å². The molecule has 3 amide bonds. The zero-order valence-corrected chi connectivity index (χ0v) is 17.0. The number of rotatable bonds is 3. The van der Waals surface area contributed by atoms with Gasteiger partial charge in [-0.3, -0.25) is 24.2 Å². The second-order valence-electron chi connectivity index (χ2n) is 10.1. The Kier molecular flexibility index (Phi) is 3.43. The highest BCUT2D eigenvalue weighted by atomic mass is 16.3. The molecule has 0 aromatic heterocycles. The van der Waals surface area contributed by atoms with Crippen LogP contribution in [-0.2, 0) is 20.9 Å². The molecule has 4 bridgehead atoms. The Hall–Kier alpha value is -2.73. The number of aliphatic hydroxyl groups is 1. The first-order valence-electron chi connectivity index (χ1n) is 11.3. The lowest BCUT2D eigenvalue weighted by Gasteiger charge is -2.25. The van der Waals surface area contributed by atoms with Gasteiger partial charge in [0.2, 0.25) is 17.7 Å². The summed E-state index contributed by atoms with van der Waals surface area (Å²) in [6, 6.07) is 7.36. The lowest BCUT2D eigenvalue weighted by atomic mass is 9.85. The number of carbonyl (C=O) groups is 3. The molecule has 2 heterocycles. The number of hydrogen-bond donors (Lipinski definition) is 1. The molecule has 1 aromatic carbocycles. The molecule has 2 aliphatic heterocycles. The van der Waals surface area contributed by atoms with Crippen molar-refractivity contribution in [2.75, 3.05) is 4.90 Å². The first kappa shape index (κ1) is 17.9. The van der Waals surface area contributed by atoms with Crippen LogP contribution in [0.3, 0.4) is 0 Å². The molecule has 6 nitrogen and oxygen atoms in total. The number of allylic oxidation sites excluding steroid dienone is 4. The van der Waals surface area contributed by atoms with Gasteiger partial charge in [-0.25, -0.2) is 0 Å². The van der Waals surface area contributed by atoms with Gasteiger partial charge in [0.15, 0.2) is 0 Å². The molecule has 0 spiro atoms. The summed E-state index contributed by atoms with van der Waals surface area (Å²) in [5, 5.41) is 10.9. The van der Waals surface area contributed by atoms with Crippen molar-refractivity contribution in [1.82, 2.24) is 4.90 Å². The van der Waals surface area contributed by atoms with E-state index in [1.54, 1.807) is 0 Å². The SMILES string of the molecule is O=C1C2C3C=CC(C3)[C@@H]2C(=O)N1Cc1ccc(N2C(=O)C3C4C=CC(C4)C3C2O)cc1. The van der Waals surface area contributed by atoms with E-state index in [4.69, 9.17) is 0 Å². The maximum atomic E-state index is 13.0. The average molecular weight is 416 g/mol.